The Morgan fingerprint density at radius 1 is 1.13 bits per heavy atom. The van der Waals surface area contributed by atoms with Crippen molar-refractivity contribution in [1.82, 2.24) is 28.9 Å². The van der Waals surface area contributed by atoms with Gasteiger partial charge in [-0.05, 0) is 24.1 Å². The molecular weight excluding hydrogens is 505 g/mol. The van der Waals surface area contributed by atoms with Crippen molar-refractivity contribution in [2.24, 2.45) is 13.0 Å². The SMILES string of the molecule is COc1nc(N2CC[C@@H](C#N)C2)cc2c1c(=O)n(Cc1ncn(C)n1)c(=O)n2Cc1cc(F)c(F)c(F)c1. The standard InChI is InChI=1S/C24H21F3N8O3/c1-32-12-29-18(31-32)11-35-23(36)20-17(7-19(30-22(20)38-2)33-4-3-13(8-28)9-33)34(24(35)37)10-14-5-15(25)21(27)16(26)6-14/h5-7,12-13H,3-4,9-11H2,1-2H3/t13-/m0/s1. The molecule has 1 aliphatic heterocycles. The quantitative estimate of drug-likeness (QED) is 0.347. The molecule has 1 atom stereocenters. The Labute approximate surface area is 212 Å². The van der Waals surface area contributed by atoms with Gasteiger partial charge in [0, 0.05) is 26.2 Å². The van der Waals surface area contributed by atoms with Crippen LogP contribution in [0.15, 0.2) is 34.1 Å². The van der Waals surface area contributed by atoms with Crippen molar-refractivity contribution >= 4 is 16.7 Å². The van der Waals surface area contributed by atoms with Gasteiger partial charge in [-0.1, -0.05) is 0 Å². The van der Waals surface area contributed by atoms with E-state index >= 15 is 0 Å². The number of fused-ring (bicyclic) bond motifs is 1. The molecule has 0 N–H and O–H groups in total. The monoisotopic (exact) mass is 526 g/mol. The van der Waals surface area contributed by atoms with E-state index in [0.29, 0.717) is 25.3 Å². The first-order valence-corrected chi connectivity index (χ1v) is 11.5. The first kappa shape index (κ1) is 25.0. The summed E-state index contributed by atoms with van der Waals surface area (Å²) in [5, 5.41) is 13.4. The minimum atomic E-state index is -1.63. The highest BCUT2D eigenvalue weighted by Crippen LogP contribution is 2.29. The Morgan fingerprint density at radius 3 is 2.47 bits per heavy atom. The van der Waals surface area contributed by atoms with Gasteiger partial charge in [0.15, 0.2) is 23.3 Å². The van der Waals surface area contributed by atoms with E-state index in [9.17, 15) is 28.0 Å². The molecule has 38 heavy (non-hydrogen) atoms. The van der Waals surface area contributed by atoms with Crippen LogP contribution in [0.2, 0.25) is 0 Å². The largest absolute Gasteiger partial charge is 0.480 e. The van der Waals surface area contributed by atoms with E-state index in [1.54, 1.807) is 7.05 Å². The lowest BCUT2D eigenvalue weighted by Crippen LogP contribution is -2.41. The molecule has 0 amide bonds. The Balaban J connectivity index is 1.76. The zero-order valence-corrected chi connectivity index (χ0v) is 20.4. The number of benzene rings is 1. The second-order valence-electron chi connectivity index (χ2n) is 8.91. The lowest BCUT2D eigenvalue weighted by Gasteiger charge is -2.20. The summed E-state index contributed by atoms with van der Waals surface area (Å²) in [6, 6.07) is 5.28. The maximum absolute atomic E-state index is 14.0. The van der Waals surface area contributed by atoms with Crippen molar-refractivity contribution in [3.63, 3.8) is 0 Å². The Bertz CT molecular complexity index is 1700. The highest BCUT2D eigenvalue weighted by molar-refractivity contribution is 5.85. The molecule has 1 fully saturated rings. The molecule has 0 spiro atoms. The van der Waals surface area contributed by atoms with E-state index < -0.39 is 35.2 Å². The number of methoxy groups -OCH3 is 1. The second-order valence-corrected chi connectivity index (χ2v) is 8.91. The smallest absolute Gasteiger partial charge is 0.332 e. The van der Waals surface area contributed by atoms with Crippen molar-refractivity contribution in [3.8, 4) is 11.9 Å². The third kappa shape index (κ3) is 4.36. The third-order valence-electron chi connectivity index (χ3n) is 6.38. The predicted molar refractivity (Wildman–Crippen MR) is 128 cm³/mol. The zero-order valence-electron chi connectivity index (χ0n) is 20.4. The maximum Gasteiger partial charge on any atom is 0.332 e. The summed E-state index contributed by atoms with van der Waals surface area (Å²) in [6.45, 7) is 0.217. The lowest BCUT2D eigenvalue weighted by atomic mass is 10.1. The van der Waals surface area contributed by atoms with Gasteiger partial charge < -0.3 is 9.64 Å². The van der Waals surface area contributed by atoms with Gasteiger partial charge in [-0.25, -0.2) is 22.9 Å². The summed E-state index contributed by atoms with van der Waals surface area (Å²) in [5.74, 6) is -4.21. The fourth-order valence-corrected chi connectivity index (χ4v) is 4.54. The van der Waals surface area contributed by atoms with Crippen molar-refractivity contribution in [2.75, 3.05) is 25.1 Å². The fraction of sp³-hybridized carbons (Fsp3) is 0.333. The van der Waals surface area contributed by atoms with E-state index in [0.717, 1.165) is 21.3 Å². The Kier molecular flexibility index (Phi) is 6.35. The molecule has 196 valence electrons. The molecule has 1 saturated heterocycles. The molecule has 0 aliphatic carbocycles. The number of hydrogen-bond donors (Lipinski definition) is 0. The number of anilines is 1. The topological polar surface area (TPSA) is 124 Å². The molecule has 3 aromatic heterocycles. The Hall–Kier alpha value is -4.67. The van der Waals surface area contributed by atoms with Gasteiger partial charge in [0.2, 0.25) is 5.88 Å². The van der Waals surface area contributed by atoms with Gasteiger partial charge in [0.1, 0.15) is 17.5 Å². The molecule has 4 aromatic rings. The van der Waals surface area contributed by atoms with E-state index in [2.05, 4.69) is 21.1 Å². The van der Waals surface area contributed by atoms with Crippen LogP contribution in [0.5, 0.6) is 5.88 Å². The molecule has 4 heterocycles. The highest BCUT2D eigenvalue weighted by Gasteiger charge is 2.27. The van der Waals surface area contributed by atoms with E-state index in [-0.39, 0.29) is 40.6 Å². The van der Waals surface area contributed by atoms with Crippen molar-refractivity contribution < 1.29 is 17.9 Å². The molecular formula is C24H21F3N8O3. The van der Waals surface area contributed by atoms with Crippen LogP contribution in [0.1, 0.15) is 17.8 Å². The number of ether oxygens (including phenoxy) is 1. The molecule has 14 heteroatoms. The van der Waals surface area contributed by atoms with Crippen LogP contribution in [0, 0.1) is 34.7 Å². The number of pyridine rings is 1. The molecule has 0 radical (unpaired) electrons. The molecule has 5 rings (SSSR count). The fourth-order valence-electron chi connectivity index (χ4n) is 4.54. The third-order valence-corrected chi connectivity index (χ3v) is 6.38. The van der Waals surface area contributed by atoms with Crippen molar-refractivity contribution in [2.45, 2.75) is 19.5 Å². The van der Waals surface area contributed by atoms with Crippen LogP contribution in [0.25, 0.3) is 10.9 Å². The lowest BCUT2D eigenvalue weighted by molar-refractivity contribution is 0.402. The highest BCUT2D eigenvalue weighted by atomic mass is 19.2. The van der Waals surface area contributed by atoms with Crippen LogP contribution in [0.4, 0.5) is 19.0 Å². The summed E-state index contributed by atoms with van der Waals surface area (Å²) in [4.78, 5) is 37.6. The number of aryl methyl sites for hydroxylation is 1. The molecule has 1 aliphatic rings. The van der Waals surface area contributed by atoms with Gasteiger partial charge in [-0.2, -0.15) is 15.3 Å². The molecule has 11 nitrogen and oxygen atoms in total. The van der Waals surface area contributed by atoms with Gasteiger partial charge >= 0.3 is 5.69 Å². The van der Waals surface area contributed by atoms with Crippen LogP contribution in [-0.2, 0) is 20.1 Å². The average molecular weight is 526 g/mol. The second kappa shape index (κ2) is 9.66. The summed E-state index contributed by atoms with van der Waals surface area (Å²) >= 11 is 0. The van der Waals surface area contributed by atoms with Crippen LogP contribution in [0.3, 0.4) is 0 Å². The maximum atomic E-state index is 14.0. The minimum absolute atomic E-state index is 0.0472. The number of aromatic nitrogens is 6. The normalized spacial score (nSPS) is 15.3. The predicted octanol–water partition coefficient (Wildman–Crippen LogP) is 1.56. The van der Waals surface area contributed by atoms with Gasteiger partial charge in [0.05, 0.1) is 37.7 Å². The van der Waals surface area contributed by atoms with E-state index in [4.69, 9.17) is 4.74 Å². The first-order valence-electron chi connectivity index (χ1n) is 11.5. The van der Waals surface area contributed by atoms with Gasteiger partial charge in [-0.15, -0.1) is 0 Å². The van der Waals surface area contributed by atoms with Gasteiger partial charge in [-0.3, -0.25) is 18.6 Å². The number of hydrogen-bond acceptors (Lipinski definition) is 8. The van der Waals surface area contributed by atoms with Gasteiger partial charge in [0.25, 0.3) is 5.56 Å². The van der Waals surface area contributed by atoms with Crippen molar-refractivity contribution in [1.29, 1.82) is 5.26 Å². The molecule has 0 bridgehead atoms. The Morgan fingerprint density at radius 2 is 1.87 bits per heavy atom. The summed E-state index contributed by atoms with van der Waals surface area (Å²) < 4.78 is 50.5. The van der Waals surface area contributed by atoms with Crippen molar-refractivity contribution in [3.05, 3.63) is 74.2 Å². The average Bonchev–Trinajstić information content (AvgIpc) is 3.55. The molecule has 0 unspecified atom stereocenters. The minimum Gasteiger partial charge on any atom is -0.480 e. The van der Waals surface area contributed by atoms with E-state index in [1.807, 2.05) is 4.90 Å². The van der Waals surface area contributed by atoms with E-state index in [1.165, 1.54) is 24.2 Å². The molecule has 0 saturated carbocycles. The van der Waals surface area contributed by atoms with Crippen LogP contribution in [-0.4, -0.2) is 49.1 Å². The summed E-state index contributed by atoms with van der Waals surface area (Å²) in [6.07, 6.45) is 2.02. The first-order chi connectivity index (χ1) is 18.2. The number of nitrogens with zero attached hydrogens (tertiary/aromatic N) is 8. The summed E-state index contributed by atoms with van der Waals surface area (Å²) in [7, 11) is 2.94. The zero-order chi connectivity index (χ0) is 27.1. The van der Waals surface area contributed by atoms with Crippen LogP contribution < -0.4 is 20.9 Å². The number of rotatable bonds is 6. The summed E-state index contributed by atoms with van der Waals surface area (Å²) in [5.41, 5.74) is -1.49. The van der Waals surface area contributed by atoms with Crippen LogP contribution >= 0.6 is 0 Å². The molecule has 1 aromatic carbocycles. The number of halogens is 3. The number of nitriles is 1.